The van der Waals surface area contributed by atoms with Crippen molar-refractivity contribution in [3.63, 3.8) is 0 Å². The molecule has 2 bridgehead atoms. The maximum absolute atomic E-state index is 5.90. The molecule has 0 aromatic carbocycles. The summed E-state index contributed by atoms with van der Waals surface area (Å²) in [5.74, 6) is 2.69. The van der Waals surface area contributed by atoms with Crippen LogP contribution in [0.2, 0.25) is 17.5 Å². The van der Waals surface area contributed by atoms with Crippen LogP contribution in [0.15, 0.2) is 18.0 Å². The van der Waals surface area contributed by atoms with Crippen molar-refractivity contribution >= 4 is 6.15 Å². The van der Waals surface area contributed by atoms with Crippen molar-refractivity contribution in [3.05, 3.63) is 18.0 Å². The van der Waals surface area contributed by atoms with E-state index in [0.29, 0.717) is 0 Å². The molecule has 3 fully saturated rings. The predicted molar refractivity (Wildman–Crippen MR) is 87.5 cm³/mol. The van der Waals surface area contributed by atoms with Gasteiger partial charge in [-0.15, -0.1) is 5.73 Å². The van der Waals surface area contributed by atoms with Gasteiger partial charge in [0.2, 0.25) is 0 Å². The largest absolute Gasteiger partial charge is 1.00 e. The summed E-state index contributed by atoms with van der Waals surface area (Å²) in [6, 6.07) is 0. The van der Waals surface area contributed by atoms with Gasteiger partial charge in [0.25, 0.3) is 0 Å². The molecule has 3 aliphatic rings. The van der Waals surface area contributed by atoms with E-state index in [4.69, 9.17) is 4.74 Å². The predicted octanol–water partition coefficient (Wildman–Crippen LogP) is 2.74. The van der Waals surface area contributed by atoms with Crippen molar-refractivity contribution in [2.75, 3.05) is 7.11 Å². The van der Waals surface area contributed by atoms with E-state index in [0.717, 1.165) is 17.5 Å². The molecule has 3 heteroatoms. The van der Waals surface area contributed by atoms with E-state index in [1.807, 2.05) is 7.11 Å². The van der Waals surface area contributed by atoms with Crippen LogP contribution in [0.5, 0.6) is 0 Å². The van der Waals surface area contributed by atoms with Gasteiger partial charge in [-0.05, 0) is 5.66 Å². The zero-order valence-electron chi connectivity index (χ0n) is 14.2. The van der Waals surface area contributed by atoms with Crippen molar-refractivity contribution in [2.45, 2.75) is 88.1 Å². The number of fused-ring (bicyclic) bond motifs is 2. The number of hydrogen-bond donors (Lipinski definition) is 0. The van der Waals surface area contributed by atoms with Crippen LogP contribution in [0.25, 0.3) is 0 Å². The van der Waals surface area contributed by atoms with Gasteiger partial charge in [-0.2, -0.15) is 17.5 Å². The Kier molecular flexibility index (Phi) is 6.19. The quantitative estimate of drug-likeness (QED) is 0.439. The second-order valence-electron chi connectivity index (χ2n) is 7.60. The molecule has 0 radical (unpaired) electrons. The van der Waals surface area contributed by atoms with Crippen LogP contribution in [0.4, 0.5) is 0 Å². The van der Waals surface area contributed by atoms with Crippen LogP contribution in [-0.4, -0.2) is 13.3 Å². The fourth-order valence-electron chi connectivity index (χ4n) is 6.61. The molecule has 0 unspecified atom stereocenters. The van der Waals surface area contributed by atoms with Gasteiger partial charge in [-0.3, -0.25) is 0 Å². The van der Waals surface area contributed by atoms with Crippen molar-refractivity contribution in [1.29, 1.82) is 0 Å². The Morgan fingerprint density at radius 2 is 1.29 bits per heavy atom. The maximum Gasteiger partial charge on any atom is 1.00 e. The van der Waals surface area contributed by atoms with Crippen molar-refractivity contribution in [1.82, 2.24) is 0 Å². The van der Waals surface area contributed by atoms with E-state index in [9.17, 15) is 0 Å². The van der Waals surface area contributed by atoms with E-state index >= 15 is 0 Å². The van der Waals surface area contributed by atoms with Gasteiger partial charge in [-0.25, -0.2) is 0 Å². The zero-order chi connectivity index (χ0) is 14.0. The Morgan fingerprint density at radius 1 is 0.857 bits per heavy atom. The number of hydrogen-bond acceptors (Lipinski definition) is 1. The summed E-state index contributed by atoms with van der Waals surface area (Å²) in [6.45, 7) is 4.00. The molecule has 1 saturated carbocycles. The number of methoxy groups -OCH3 is 1. The summed E-state index contributed by atoms with van der Waals surface area (Å²) in [7, 11) is 1.87. The molecule has 1 aliphatic carbocycles. The standard InChI is InChI=1S/C18H30BO.Li/c1-3-18(20-2)19(15-9-5-4-6-10-15)16-11-7-12-17(19)14-8-13-16;/h15-17H,1,4-14H2,2H3;/q-1;+1. The first kappa shape index (κ1) is 17.3. The molecule has 2 aliphatic heterocycles. The topological polar surface area (TPSA) is 9.23 Å². The van der Waals surface area contributed by atoms with E-state index in [-0.39, 0.29) is 18.9 Å². The SMILES string of the molecule is C=C=C(OC)[B-]1(C2CCCCC2)C2CCCC1CCC2.[Li+]. The molecule has 21 heavy (non-hydrogen) atoms. The minimum absolute atomic E-state index is 0. The molecule has 0 atom stereocenters. The Hall–Kier alpha value is -0.0177. The first-order valence-electron chi connectivity index (χ1n) is 8.95. The van der Waals surface area contributed by atoms with Gasteiger partial charge in [0.1, 0.15) is 0 Å². The van der Waals surface area contributed by atoms with Crippen LogP contribution in [-0.2, 0) is 4.74 Å². The van der Waals surface area contributed by atoms with Crippen LogP contribution in [0, 0.1) is 0 Å². The zero-order valence-corrected chi connectivity index (χ0v) is 14.2. The van der Waals surface area contributed by atoms with E-state index in [2.05, 4.69) is 12.3 Å². The van der Waals surface area contributed by atoms with Crippen molar-refractivity contribution in [3.8, 4) is 0 Å². The smallest absolute Gasteiger partial charge is 0.535 e. The number of rotatable bonds is 3. The average molecular weight is 280 g/mol. The Morgan fingerprint density at radius 3 is 1.67 bits per heavy atom. The molecule has 1 nitrogen and oxygen atoms in total. The second-order valence-corrected chi connectivity index (χ2v) is 7.60. The summed E-state index contributed by atoms with van der Waals surface area (Å²) >= 11 is 0. The Bertz CT molecular complexity index is 374. The van der Waals surface area contributed by atoms with Crippen LogP contribution in [0.3, 0.4) is 0 Å². The molecule has 0 aromatic rings. The molecule has 2 heterocycles. The Labute approximate surface area is 143 Å². The molecule has 2 saturated heterocycles. The van der Waals surface area contributed by atoms with Crippen LogP contribution < -0.4 is 18.9 Å². The van der Waals surface area contributed by atoms with Crippen LogP contribution >= 0.6 is 0 Å². The normalized spacial score (nSPS) is 36.2. The van der Waals surface area contributed by atoms with Crippen LogP contribution in [0.1, 0.15) is 70.6 Å². The number of ether oxygens (including phenoxy) is 1. The van der Waals surface area contributed by atoms with Gasteiger partial charge >= 0.3 is 18.9 Å². The third-order valence-electron chi connectivity index (χ3n) is 7.14. The first-order valence-corrected chi connectivity index (χ1v) is 8.95. The van der Waals surface area contributed by atoms with Gasteiger partial charge in [0.05, 0.1) is 13.3 Å². The molecule has 0 aromatic heterocycles. The van der Waals surface area contributed by atoms with E-state index < -0.39 is 6.15 Å². The van der Waals surface area contributed by atoms with Gasteiger partial charge in [0.15, 0.2) is 0 Å². The molecular formula is C18H30BLiO. The van der Waals surface area contributed by atoms with E-state index in [1.165, 1.54) is 76.3 Å². The summed E-state index contributed by atoms with van der Waals surface area (Å²) in [5.41, 5.74) is 4.45. The monoisotopic (exact) mass is 280 g/mol. The van der Waals surface area contributed by atoms with Gasteiger partial charge in [-0.1, -0.05) is 77.2 Å². The summed E-state index contributed by atoms with van der Waals surface area (Å²) < 4.78 is 5.90. The fraction of sp³-hybridized carbons (Fsp3) is 0.833. The molecular weight excluding hydrogens is 250 g/mol. The van der Waals surface area contributed by atoms with Crippen molar-refractivity contribution in [2.24, 2.45) is 0 Å². The third kappa shape index (κ3) is 2.81. The summed E-state index contributed by atoms with van der Waals surface area (Å²) in [4.78, 5) is 0. The second kappa shape index (κ2) is 7.50. The van der Waals surface area contributed by atoms with Crippen molar-refractivity contribution < 1.29 is 23.6 Å². The average Bonchev–Trinajstić information content (AvgIpc) is 2.49. The molecule has 0 spiro atoms. The molecule has 112 valence electrons. The first-order chi connectivity index (χ1) is 9.83. The summed E-state index contributed by atoms with van der Waals surface area (Å²) in [6.07, 6.45) is 15.3. The molecule has 0 amide bonds. The van der Waals surface area contributed by atoms with Gasteiger partial charge in [0, 0.05) is 0 Å². The minimum atomic E-state index is -0.527. The van der Waals surface area contributed by atoms with Gasteiger partial charge < -0.3 is 4.74 Å². The van der Waals surface area contributed by atoms with E-state index in [1.54, 1.807) is 0 Å². The third-order valence-corrected chi connectivity index (χ3v) is 7.14. The maximum atomic E-state index is 5.90. The summed E-state index contributed by atoms with van der Waals surface area (Å²) in [5, 5.41) is 0. The Balaban J connectivity index is 0.00000161. The fourth-order valence-corrected chi connectivity index (χ4v) is 6.61. The molecule has 3 rings (SSSR count). The minimum Gasteiger partial charge on any atom is -0.535 e. The molecule has 0 N–H and O–H groups in total.